The lowest BCUT2D eigenvalue weighted by molar-refractivity contribution is -0.133. The Morgan fingerprint density at radius 2 is 1.93 bits per heavy atom. The second kappa shape index (κ2) is 8.00. The molecule has 6 heteroatoms. The summed E-state index contributed by atoms with van der Waals surface area (Å²) in [7, 11) is 0. The fraction of sp³-hybridized carbons (Fsp3) is 0.182. The second-order valence-electron chi connectivity index (χ2n) is 6.46. The van der Waals surface area contributed by atoms with Gasteiger partial charge in [-0.3, -0.25) is 4.79 Å². The molecule has 0 fully saturated rings. The number of phenols is 1. The van der Waals surface area contributed by atoms with Crippen molar-refractivity contribution in [2.24, 2.45) is 0 Å². The van der Waals surface area contributed by atoms with E-state index in [0.717, 1.165) is 11.3 Å². The lowest BCUT2D eigenvalue weighted by Gasteiger charge is -2.20. The highest BCUT2D eigenvalue weighted by Gasteiger charge is 2.23. The van der Waals surface area contributed by atoms with E-state index in [2.05, 4.69) is 4.98 Å². The maximum atomic E-state index is 12.4. The average molecular weight is 376 g/mol. The smallest absolute Gasteiger partial charge is 0.260 e. The Bertz CT molecular complexity index is 975. The number of carbonyl (C=O) groups excluding carboxylic acids is 1. The number of rotatable bonds is 5. The number of hydrogen-bond donors (Lipinski definition) is 1. The first-order valence-corrected chi connectivity index (χ1v) is 9.07. The van der Waals surface area contributed by atoms with E-state index < -0.39 is 0 Å². The van der Waals surface area contributed by atoms with Crippen LogP contribution in [0.1, 0.15) is 5.69 Å². The number of benzene rings is 2. The Morgan fingerprint density at radius 3 is 2.75 bits per heavy atom. The fourth-order valence-electron chi connectivity index (χ4n) is 3.05. The van der Waals surface area contributed by atoms with E-state index >= 15 is 0 Å². The van der Waals surface area contributed by atoms with Gasteiger partial charge in [0.1, 0.15) is 29.5 Å². The van der Waals surface area contributed by atoms with Crippen molar-refractivity contribution in [2.45, 2.75) is 6.54 Å². The first-order valence-electron chi connectivity index (χ1n) is 9.07. The highest BCUT2D eigenvalue weighted by Crippen LogP contribution is 2.27. The fourth-order valence-corrected chi connectivity index (χ4v) is 3.05. The first kappa shape index (κ1) is 17.9. The second-order valence-corrected chi connectivity index (χ2v) is 6.46. The topological polar surface area (TPSA) is 71.9 Å². The lowest BCUT2D eigenvalue weighted by atomic mass is 10.1. The molecule has 142 valence electrons. The van der Waals surface area contributed by atoms with Crippen molar-refractivity contribution in [2.75, 3.05) is 19.8 Å². The standard InChI is InChI=1S/C22H20N2O4/c25-17-6-4-5-16(13-17)19-9-10-21-20(23-19)14-24(22(26)15-28-21)11-12-27-18-7-2-1-3-8-18/h1-10,13,25H,11-12,14-15H2. The monoisotopic (exact) mass is 376 g/mol. The number of aromatic nitrogens is 1. The molecule has 0 saturated heterocycles. The Kier molecular flexibility index (Phi) is 5.10. The number of ether oxygens (including phenoxy) is 2. The van der Waals surface area contributed by atoms with Crippen LogP contribution in [0.5, 0.6) is 17.2 Å². The zero-order valence-electron chi connectivity index (χ0n) is 15.2. The van der Waals surface area contributed by atoms with Crippen LogP contribution < -0.4 is 9.47 Å². The van der Waals surface area contributed by atoms with Crippen LogP contribution in [0, 0.1) is 0 Å². The Hall–Kier alpha value is -3.54. The molecule has 2 aromatic carbocycles. The van der Waals surface area contributed by atoms with Crippen molar-refractivity contribution in [1.82, 2.24) is 9.88 Å². The molecule has 0 spiro atoms. The largest absolute Gasteiger partial charge is 0.508 e. The zero-order valence-corrected chi connectivity index (χ0v) is 15.2. The number of amides is 1. The summed E-state index contributed by atoms with van der Waals surface area (Å²) in [5, 5.41) is 9.71. The van der Waals surface area contributed by atoms with Crippen molar-refractivity contribution < 1.29 is 19.4 Å². The zero-order chi connectivity index (χ0) is 19.3. The number of para-hydroxylation sites is 1. The number of nitrogens with zero attached hydrogens (tertiary/aromatic N) is 2. The van der Waals surface area contributed by atoms with Gasteiger partial charge < -0.3 is 19.5 Å². The summed E-state index contributed by atoms with van der Waals surface area (Å²) in [6.45, 7) is 1.15. The lowest BCUT2D eigenvalue weighted by Crippen LogP contribution is -2.35. The van der Waals surface area contributed by atoms with Crippen molar-refractivity contribution in [3.8, 4) is 28.5 Å². The van der Waals surface area contributed by atoms with E-state index in [4.69, 9.17) is 9.47 Å². The summed E-state index contributed by atoms with van der Waals surface area (Å²) in [5.41, 5.74) is 2.21. The van der Waals surface area contributed by atoms with Crippen LogP contribution in [-0.4, -0.2) is 40.7 Å². The molecule has 0 unspecified atom stereocenters. The molecule has 1 amide bonds. The van der Waals surface area contributed by atoms with E-state index in [1.165, 1.54) is 0 Å². The van der Waals surface area contributed by atoms with Crippen molar-refractivity contribution in [3.63, 3.8) is 0 Å². The molecule has 28 heavy (non-hydrogen) atoms. The molecule has 2 heterocycles. The maximum Gasteiger partial charge on any atom is 0.260 e. The van der Waals surface area contributed by atoms with Gasteiger partial charge in [0, 0.05) is 5.56 Å². The van der Waals surface area contributed by atoms with Gasteiger partial charge in [-0.1, -0.05) is 30.3 Å². The quantitative estimate of drug-likeness (QED) is 0.740. The molecular formula is C22H20N2O4. The molecule has 3 aromatic rings. The highest BCUT2D eigenvalue weighted by molar-refractivity contribution is 5.78. The molecule has 0 bridgehead atoms. The number of hydrogen-bond acceptors (Lipinski definition) is 5. The normalized spacial score (nSPS) is 13.4. The molecule has 1 N–H and O–H groups in total. The molecule has 0 saturated carbocycles. The summed E-state index contributed by atoms with van der Waals surface area (Å²) >= 11 is 0. The van der Waals surface area contributed by atoms with Gasteiger partial charge in [-0.15, -0.1) is 0 Å². The van der Waals surface area contributed by atoms with Crippen LogP contribution in [0.25, 0.3) is 11.3 Å². The van der Waals surface area contributed by atoms with Crippen LogP contribution in [0.2, 0.25) is 0 Å². The maximum absolute atomic E-state index is 12.4. The third-order valence-electron chi connectivity index (χ3n) is 4.49. The van der Waals surface area contributed by atoms with Gasteiger partial charge in [0.15, 0.2) is 6.61 Å². The molecule has 6 nitrogen and oxygen atoms in total. The Balaban J connectivity index is 1.49. The van der Waals surface area contributed by atoms with Crippen molar-refractivity contribution >= 4 is 5.91 Å². The predicted molar refractivity (Wildman–Crippen MR) is 104 cm³/mol. The van der Waals surface area contributed by atoms with Crippen LogP contribution >= 0.6 is 0 Å². The summed E-state index contributed by atoms with van der Waals surface area (Å²) in [5.74, 6) is 1.45. The third kappa shape index (κ3) is 4.06. The van der Waals surface area contributed by atoms with Gasteiger partial charge in [-0.05, 0) is 36.4 Å². The van der Waals surface area contributed by atoms with Crippen LogP contribution in [0.3, 0.4) is 0 Å². The minimum atomic E-state index is -0.103. The van der Waals surface area contributed by atoms with Crippen LogP contribution in [-0.2, 0) is 11.3 Å². The Morgan fingerprint density at radius 1 is 1.07 bits per heavy atom. The third-order valence-corrected chi connectivity index (χ3v) is 4.49. The minimum Gasteiger partial charge on any atom is -0.508 e. The first-order chi connectivity index (χ1) is 13.7. The molecule has 1 aliphatic heterocycles. The highest BCUT2D eigenvalue weighted by atomic mass is 16.5. The summed E-state index contributed by atoms with van der Waals surface area (Å²) in [6, 6.07) is 20.1. The number of aromatic hydroxyl groups is 1. The SMILES string of the molecule is O=C1COc2ccc(-c3cccc(O)c3)nc2CN1CCOc1ccccc1. The van der Waals surface area contributed by atoms with Gasteiger partial charge in [0.25, 0.3) is 5.91 Å². The van der Waals surface area contributed by atoms with Gasteiger partial charge in [0.2, 0.25) is 0 Å². The molecule has 0 aliphatic carbocycles. The van der Waals surface area contributed by atoms with Gasteiger partial charge in [-0.2, -0.15) is 0 Å². The van der Waals surface area contributed by atoms with Gasteiger partial charge in [0.05, 0.1) is 18.8 Å². The molecule has 4 rings (SSSR count). The molecular weight excluding hydrogens is 356 g/mol. The molecule has 0 atom stereocenters. The van der Waals surface area contributed by atoms with E-state index in [-0.39, 0.29) is 18.3 Å². The minimum absolute atomic E-state index is 0.0223. The number of pyridine rings is 1. The Labute approximate surface area is 163 Å². The van der Waals surface area contributed by atoms with E-state index in [1.807, 2.05) is 48.5 Å². The molecule has 0 radical (unpaired) electrons. The van der Waals surface area contributed by atoms with E-state index in [0.29, 0.717) is 36.8 Å². The summed E-state index contributed by atoms with van der Waals surface area (Å²) in [6.07, 6.45) is 0. The van der Waals surface area contributed by atoms with Gasteiger partial charge >= 0.3 is 0 Å². The van der Waals surface area contributed by atoms with E-state index in [9.17, 15) is 9.90 Å². The van der Waals surface area contributed by atoms with Crippen LogP contribution in [0.15, 0.2) is 66.7 Å². The summed E-state index contributed by atoms with van der Waals surface area (Å²) < 4.78 is 11.3. The number of carbonyl (C=O) groups is 1. The van der Waals surface area contributed by atoms with Crippen LogP contribution in [0.4, 0.5) is 0 Å². The van der Waals surface area contributed by atoms with Crippen molar-refractivity contribution in [3.05, 3.63) is 72.4 Å². The molecule has 1 aliphatic rings. The molecule has 1 aromatic heterocycles. The number of fused-ring (bicyclic) bond motifs is 1. The summed E-state index contributed by atoms with van der Waals surface area (Å²) in [4.78, 5) is 18.8. The predicted octanol–water partition coefficient (Wildman–Crippen LogP) is 3.25. The average Bonchev–Trinajstić information content (AvgIpc) is 2.87. The van der Waals surface area contributed by atoms with Gasteiger partial charge in [-0.25, -0.2) is 4.98 Å². The van der Waals surface area contributed by atoms with Crippen molar-refractivity contribution in [1.29, 1.82) is 0 Å². The van der Waals surface area contributed by atoms with E-state index in [1.54, 1.807) is 23.1 Å². The number of phenolic OH excluding ortho intramolecular Hbond substituents is 1.